The predicted molar refractivity (Wildman–Crippen MR) is 68.3 cm³/mol. The number of aryl methyl sites for hydroxylation is 1. The minimum atomic E-state index is -0.505. The van der Waals surface area contributed by atoms with Crippen LogP contribution in [0.1, 0.15) is 21.9 Å². The van der Waals surface area contributed by atoms with Gasteiger partial charge >= 0.3 is 0 Å². The van der Waals surface area contributed by atoms with Gasteiger partial charge in [-0.15, -0.1) is 0 Å². The molecule has 98 valence electrons. The first-order valence-corrected chi connectivity index (χ1v) is 5.48. The van der Waals surface area contributed by atoms with Crippen LogP contribution in [0.3, 0.4) is 0 Å². The average molecular weight is 260 g/mol. The summed E-state index contributed by atoms with van der Waals surface area (Å²) in [4.78, 5) is 11.7. The molecule has 0 radical (unpaired) electrons. The van der Waals surface area contributed by atoms with Crippen molar-refractivity contribution in [2.24, 2.45) is 5.10 Å². The number of amides is 1. The molecular weight excluding hydrogens is 248 g/mol. The fourth-order valence-electron chi connectivity index (χ4n) is 1.41. The first-order valence-electron chi connectivity index (χ1n) is 5.48. The van der Waals surface area contributed by atoms with Gasteiger partial charge in [0.15, 0.2) is 11.5 Å². The van der Waals surface area contributed by atoms with Crippen molar-refractivity contribution in [2.75, 3.05) is 0 Å². The van der Waals surface area contributed by atoms with E-state index in [9.17, 15) is 9.90 Å². The molecule has 1 heterocycles. The molecular formula is C13H12N2O4. The van der Waals surface area contributed by atoms with Gasteiger partial charge in [-0.05, 0) is 37.3 Å². The maximum atomic E-state index is 11.7. The SMILES string of the molecule is Cc1ccc(/C=N\NC(=O)c2ccc(O)c(O)c2)o1. The number of hydrazone groups is 1. The van der Waals surface area contributed by atoms with Gasteiger partial charge in [-0.25, -0.2) is 5.43 Å². The van der Waals surface area contributed by atoms with Crippen molar-refractivity contribution in [3.63, 3.8) is 0 Å². The van der Waals surface area contributed by atoms with Crippen molar-refractivity contribution in [3.8, 4) is 11.5 Å². The number of rotatable bonds is 3. The molecule has 2 rings (SSSR count). The second-order valence-corrected chi connectivity index (χ2v) is 3.85. The van der Waals surface area contributed by atoms with E-state index in [1.807, 2.05) is 0 Å². The molecule has 2 aromatic rings. The smallest absolute Gasteiger partial charge is 0.271 e. The average Bonchev–Trinajstić information content (AvgIpc) is 2.78. The number of hydrogen-bond donors (Lipinski definition) is 3. The highest BCUT2D eigenvalue weighted by atomic mass is 16.3. The molecule has 3 N–H and O–H groups in total. The molecule has 1 aromatic heterocycles. The number of nitrogens with zero attached hydrogens (tertiary/aromatic N) is 1. The summed E-state index contributed by atoms with van der Waals surface area (Å²) in [6, 6.07) is 7.25. The molecule has 0 unspecified atom stereocenters. The largest absolute Gasteiger partial charge is 0.504 e. The van der Waals surface area contributed by atoms with Crippen LogP contribution in [0.25, 0.3) is 0 Å². The quantitative estimate of drug-likeness (QED) is 0.445. The molecule has 6 nitrogen and oxygen atoms in total. The molecule has 0 aliphatic rings. The Bertz CT molecular complexity index is 631. The second-order valence-electron chi connectivity index (χ2n) is 3.85. The van der Waals surface area contributed by atoms with Crippen molar-refractivity contribution in [1.82, 2.24) is 5.43 Å². The molecule has 0 atom stereocenters. The second kappa shape index (κ2) is 5.26. The van der Waals surface area contributed by atoms with Crippen molar-refractivity contribution in [2.45, 2.75) is 6.92 Å². The van der Waals surface area contributed by atoms with Gasteiger partial charge in [-0.2, -0.15) is 5.10 Å². The third-order valence-electron chi connectivity index (χ3n) is 2.36. The van der Waals surface area contributed by atoms with Gasteiger partial charge < -0.3 is 14.6 Å². The lowest BCUT2D eigenvalue weighted by atomic mass is 10.2. The molecule has 19 heavy (non-hydrogen) atoms. The maximum absolute atomic E-state index is 11.7. The van der Waals surface area contributed by atoms with Crippen LogP contribution >= 0.6 is 0 Å². The highest BCUT2D eigenvalue weighted by molar-refractivity contribution is 5.95. The summed E-state index contributed by atoms with van der Waals surface area (Å²) in [5, 5.41) is 22.1. The number of nitrogens with one attached hydrogen (secondary N) is 1. The van der Waals surface area contributed by atoms with Gasteiger partial charge in [0.05, 0.1) is 6.21 Å². The van der Waals surface area contributed by atoms with Crippen LogP contribution in [-0.4, -0.2) is 22.3 Å². The molecule has 0 aliphatic carbocycles. The van der Waals surface area contributed by atoms with E-state index in [1.54, 1.807) is 19.1 Å². The summed E-state index contributed by atoms with van der Waals surface area (Å²) in [6.07, 6.45) is 1.37. The molecule has 0 spiro atoms. The lowest BCUT2D eigenvalue weighted by Crippen LogP contribution is -2.17. The number of benzene rings is 1. The summed E-state index contributed by atoms with van der Waals surface area (Å²) in [7, 11) is 0. The first kappa shape index (κ1) is 12.7. The molecule has 1 amide bonds. The summed E-state index contributed by atoms with van der Waals surface area (Å²) < 4.78 is 5.23. The van der Waals surface area contributed by atoms with Gasteiger partial charge in [0.25, 0.3) is 5.91 Å². The zero-order chi connectivity index (χ0) is 13.8. The van der Waals surface area contributed by atoms with Crippen LogP contribution < -0.4 is 5.43 Å². The van der Waals surface area contributed by atoms with Crippen LogP contribution in [0, 0.1) is 6.92 Å². The third-order valence-corrected chi connectivity index (χ3v) is 2.36. The molecule has 0 aliphatic heterocycles. The monoisotopic (exact) mass is 260 g/mol. The Hall–Kier alpha value is -2.76. The van der Waals surface area contributed by atoms with Gasteiger partial charge in [0.2, 0.25) is 0 Å². The normalized spacial score (nSPS) is 10.8. The highest BCUT2D eigenvalue weighted by Gasteiger charge is 2.07. The predicted octanol–water partition coefficient (Wildman–Crippen LogP) is 1.76. The Morgan fingerprint density at radius 3 is 2.68 bits per heavy atom. The Labute approximate surface area is 109 Å². The number of phenolic OH excluding ortho intramolecular Hbond substituents is 2. The van der Waals surface area contributed by atoms with E-state index < -0.39 is 5.91 Å². The van der Waals surface area contributed by atoms with Gasteiger partial charge in [-0.1, -0.05) is 0 Å². The Balaban J connectivity index is 2.01. The Morgan fingerprint density at radius 2 is 2.05 bits per heavy atom. The van der Waals surface area contributed by atoms with Crippen molar-refractivity contribution >= 4 is 12.1 Å². The molecule has 1 aromatic carbocycles. The third kappa shape index (κ3) is 3.12. The van der Waals surface area contributed by atoms with Crippen LogP contribution in [-0.2, 0) is 0 Å². The number of aromatic hydroxyl groups is 2. The molecule has 0 saturated carbocycles. The minimum absolute atomic E-state index is 0.183. The molecule has 6 heteroatoms. The van der Waals surface area contributed by atoms with Crippen LogP contribution in [0.5, 0.6) is 11.5 Å². The first-order chi connectivity index (χ1) is 9.06. The Kier molecular flexibility index (Phi) is 3.51. The van der Waals surface area contributed by atoms with Crippen LogP contribution in [0.4, 0.5) is 0 Å². The number of carbonyl (C=O) groups excluding carboxylic acids is 1. The van der Waals surface area contributed by atoms with Crippen LogP contribution in [0.2, 0.25) is 0 Å². The molecule has 0 fully saturated rings. The summed E-state index contributed by atoms with van der Waals surface area (Å²) >= 11 is 0. The van der Waals surface area contributed by atoms with E-state index in [0.717, 1.165) is 11.8 Å². The minimum Gasteiger partial charge on any atom is -0.504 e. The lowest BCUT2D eigenvalue weighted by Gasteiger charge is -2.01. The van der Waals surface area contributed by atoms with Crippen molar-refractivity contribution in [1.29, 1.82) is 0 Å². The number of phenols is 2. The van der Waals surface area contributed by atoms with Crippen molar-refractivity contribution in [3.05, 3.63) is 47.4 Å². The van der Waals surface area contributed by atoms with E-state index >= 15 is 0 Å². The summed E-state index contributed by atoms with van der Waals surface area (Å²) in [6.45, 7) is 1.80. The summed E-state index contributed by atoms with van der Waals surface area (Å²) in [5.41, 5.74) is 2.46. The van der Waals surface area contributed by atoms with Crippen molar-refractivity contribution < 1.29 is 19.4 Å². The summed E-state index contributed by atoms with van der Waals surface area (Å²) in [5.74, 6) is 0.113. The molecule has 0 bridgehead atoms. The van der Waals surface area contributed by atoms with Gasteiger partial charge in [0.1, 0.15) is 11.5 Å². The highest BCUT2D eigenvalue weighted by Crippen LogP contribution is 2.24. The van der Waals surface area contributed by atoms with Gasteiger partial charge in [0, 0.05) is 5.56 Å². The van der Waals surface area contributed by atoms with E-state index in [2.05, 4.69) is 10.5 Å². The molecule has 0 saturated heterocycles. The zero-order valence-corrected chi connectivity index (χ0v) is 10.1. The zero-order valence-electron chi connectivity index (χ0n) is 10.1. The topological polar surface area (TPSA) is 95.1 Å². The maximum Gasteiger partial charge on any atom is 0.271 e. The van der Waals surface area contributed by atoms with E-state index in [0.29, 0.717) is 5.76 Å². The number of furan rings is 1. The van der Waals surface area contributed by atoms with E-state index in [4.69, 9.17) is 9.52 Å². The standard InChI is InChI=1S/C13H12N2O4/c1-8-2-4-10(19-8)7-14-15-13(18)9-3-5-11(16)12(17)6-9/h2-7,16-17H,1H3,(H,15,18)/b14-7-. The van der Waals surface area contributed by atoms with E-state index in [1.165, 1.54) is 18.3 Å². The van der Waals surface area contributed by atoms with E-state index in [-0.39, 0.29) is 17.1 Å². The number of hydrogen-bond acceptors (Lipinski definition) is 5. The Morgan fingerprint density at radius 1 is 1.26 bits per heavy atom. The van der Waals surface area contributed by atoms with Crippen LogP contribution in [0.15, 0.2) is 39.9 Å². The van der Waals surface area contributed by atoms with Gasteiger partial charge in [-0.3, -0.25) is 4.79 Å². The fourth-order valence-corrected chi connectivity index (χ4v) is 1.41. The number of carbonyl (C=O) groups is 1. The fraction of sp³-hybridized carbons (Fsp3) is 0.0769. The lowest BCUT2D eigenvalue weighted by molar-refractivity contribution is 0.0954.